The highest BCUT2D eigenvalue weighted by atomic mass is 16.4. The molecule has 6 nitrogen and oxygen atoms in total. The fourth-order valence-corrected chi connectivity index (χ4v) is 2.56. The normalized spacial score (nSPS) is 22.2. The SMILES string of the molecule is Cc1ccc(C)c(NC(=O)CN2CC(O)CC2C(=O)O)c1. The number of aliphatic hydroxyl groups excluding tert-OH is 1. The molecule has 0 saturated carbocycles. The molecule has 114 valence electrons. The minimum Gasteiger partial charge on any atom is -0.480 e. The van der Waals surface area contributed by atoms with Crippen molar-refractivity contribution < 1.29 is 19.8 Å². The maximum absolute atomic E-state index is 12.1. The Labute approximate surface area is 123 Å². The van der Waals surface area contributed by atoms with Crippen LogP contribution in [0.5, 0.6) is 0 Å². The van der Waals surface area contributed by atoms with Crippen LogP contribution in [-0.4, -0.2) is 52.2 Å². The van der Waals surface area contributed by atoms with E-state index in [1.54, 1.807) is 0 Å². The van der Waals surface area contributed by atoms with E-state index in [1.165, 1.54) is 4.90 Å². The molecule has 1 saturated heterocycles. The molecule has 1 heterocycles. The highest BCUT2D eigenvalue weighted by Crippen LogP contribution is 2.19. The van der Waals surface area contributed by atoms with Crippen LogP contribution in [-0.2, 0) is 9.59 Å². The zero-order valence-corrected chi connectivity index (χ0v) is 12.2. The molecule has 2 unspecified atom stereocenters. The molecular formula is C15H20N2O4. The van der Waals surface area contributed by atoms with Crippen LogP contribution in [0.3, 0.4) is 0 Å². The lowest BCUT2D eigenvalue weighted by Crippen LogP contribution is -2.41. The average molecular weight is 292 g/mol. The van der Waals surface area contributed by atoms with Crippen LogP contribution in [0.4, 0.5) is 5.69 Å². The Balaban J connectivity index is 2.01. The molecule has 2 atom stereocenters. The molecule has 0 bridgehead atoms. The van der Waals surface area contributed by atoms with Crippen molar-refractivity contribution in [1.29, 1.82) is 0 Å². The Morgan fingerprint density at radius 3 is 2.76 bits per heavy atom. The molecule has 1 aromatic carbocycles. The molecule has 0 spiro atoms. The number of aliphatic hydroxyl groups is 1. The van der Waals surface area contributed by atoms with Gasteiger partial charge in [-0.05, 0) is 31.0 Å². The van der Waals surface area contributed by atoms with Crippen LogP contribution in [0.2, 0.25) is 0 Å². The van der Waals surface area contributed by atoms with Crippen LogP contribution >= 0.6 is 0 Å². The van der Waals surface area contributed by atoms with Gasteiger partial charge >= 0.3 is 5.97 Å². The zero-order chi connectivity index (χ0) is 15.6. The first-order chi connectivity index (χ1) is 9.86. The predicted octanol–water partition coefficient (Wildman–Crippen LogP) is 0.762. The summed E-state index contributed by atoms with van der Waals surface area (Å²) in [5, 5.41) is 21.5. The van der Waals surface area contributed by atoms with Crippen molar-refractivity contribution in [3.8, 4) is 0 Å². The highest BCUT2D eigenvalue weighted by molar-refractivity contribution is 5.93. The van der Waals surface area contributed by atoms with E-state index < -0.39 is 18.1 Å². The number of amides is 1. The summed E-state index contributed by atoms with van der Waals surface area (Å²) in [6.07, 6.45) is -0.536. The third-order valence-corrected chi connectivity index (χ3v) is 3.68. The minimum absolute atomic E-state index is 0.0403. The van der Waals surface area contributed by atoms with Gasteiger partial charge in [-0.1, -0.05) is 12.1 Å². The first-order valence-electron chi connectivity index (χ1n) is 6.89. The van der Waals surface area contributed by atoms with Crippen molar-refractivity contribution >= 4 is 17.6 Å². The molecule has 1 aromatic rings. The summed E-state index contributed by atoms with van der Waals surface area (Å²) in [7, 11) is 0. The smallest absolute Gasteiger partial charge is 0.321 e. The summed E-state index contributed by atoms with van der Waals surface area (Å²) in [6.45, 7) is 4.00. The Kier molecular flexibility index (Phi) is 4.59. The van der Waals surface area contributed by atoms with Gasteiger partial charge in [0.1, 0.15) is 6.04 Å². The van der Waals surface area contributed by atoms with Crippen molar-refractivity contribution in [3.63, 3.8) is 0 Å². The summed E-state index contributed by atoms with van der Waals surface area (Å²) in [4.78, 5) is 24.7. The molecule has 0 aliphatic carbocycles. The van der Waals surface area contributed by atoms with Crippen molar-refractivity contribution in [1.82, 2.24) is 4.90 Å². The maximum atomic E-state index is 12.1. The predicted molar refractivity (Wildman–Crippen MR) is 78.2 cm³/mol. The molecule has 6 heteroatoms. The molecule has 1 fully saturated rings. The van der Waals surface area contributed by atoms with E-state index in [0.29, 0.717) is 0 Å². The molecule has 0 aromatic heterocycles. The van der Waals surface area contributed by atoms with Crippen molar-refractivity contribution in [2.24, 2.45) is 0 Å². The van der Waals surface area contributed by atoms with E-state index >= 15 is 0 Å². The number of likely N-dealkylation sites (tertiary alicyclic amines) is 1. The lowest BCUT2D eigenvalue weighted by atomic mass is 10.1. The minimum atomic E-state index is -1.01. The van der Waals surface area contributed by atoms with Crippen molar-refractivity contribution in [2.45, 2.75) is 32.4 Å². The van der Waals surface area contributed by atoms with Crippen LogP contribution in [0.15, 0.2) is 18.2 Å². The van der Waals surface area contributed by atoms with Gasteiger partial charge in [0.2, 0.25) is 5.91 Å². The molecule has 2 rings (SSSR count). The third-order valence-electron chi connectivity index (χ3n) is 3.68. The van der Waals surface area contributed by atoms with Gasteiger partial charge in [0.15, 0.2) is 0 Å². The van der Waals surface area contributed by atoms with E-state index in [1.807, 2.05) is 32.0 Å². The highest BCUT2D eigenvalue weighted by Gasteiger charge is 2.36. The van der Waals surface area contributed by atoms with Crippen LogP contribution in [0.1, 0.15) is 17.5 Å². The fourth-order valence-electron chi connectivity index (χ4n) is 2.56. The number of carbonyl (C=O) groups is 2. The van der Waals surface area contributed by atoms with Gasteiger partial charge < -0.3 is 15.5 Å². The molecule has 1 aliphatic heterocycles. The number of hydrogen-bond donors (Lipinski definition) is 3. The van der Waals surface area contributed by atoms with E-state index in [-0.39, 0.29) is 25.4 Å². The number of aliphatic carboxylic acids is 1. The summed E-state index contributed by atoms with van der Waals surface area (Å²) in [6, 6.07) is 4.96. The lowest BCUT2D eigenvalue weighted by Gasteiger charge is -2.20. The largest absolute Gasteiger partial charge is 0.480 e. The standard InChI is InChI=1S/C15H20N2O4/c1-9-3-4-10(2)12(5-9)16-14(19)8-17-7-11(18)6-13(17)15(20)21/h3-5,11,13,18H,6-8H2,1-2H3,(H,16,19)(H,20,21). The summed E-state index contributed by atoms with van der Waals surface area (Å²) in [5.74, 6) is -1.28. The second-order valence-corrected chi connectivity index (χ2v) is 5.54. The number of anilines is 1. The van der Waals surface area contributed by atoms with E-state index in [2.05, 4.69) is 5.32 Å². The fraction of sp³-hybridized carbons (Fsp3) is 0.467. The van der Waals surface area contributed by atoms with E-state index in [0.717, 1.165) is 16.8 Å². The monoisotopic (exact) mass is 292 g/mol. The Hall–Kier alpha value is -1.92. The van der Waals surface area contributed by atoms with Gasteiger partial charge in [0.05, 0.1) is 12.6 Å². The van der Waals surface area contributed by atoms with Crippen LogP contribution in [0, 0.1) is 13.8 Å². The quantitative estimate of drug-likeness (QED) is 0.762. The van der Waals surface area contributed by atoms with Crippen molar-refractivity contribution in [2.75, 3.05) is 18.4 Å². The topological polar surface area (TPSA) is 89.9 Å². The van der Waals surface area contributed by atoms with Crippen molar-refractivity contribution in [3.05, 3.63) is 29.3 Å². The Morgan fingerprint density at radius 2 is 2.10 bits per heavy atom. The van der Waals surface area contributed by atoms with Gasteiger partial charge in [-0.3, -0.25) is 14.5 Å². The zero-order valence-electron chi connectivity index (χ0n) is 12.2. The van der Waals surface area contributed by atoms with Gasteiger partial charge in [-0.15, -0.1) is 0 Å². The molecule has 0 radical (unpaired) electrons. The van der Waals surface area contributed by atoms with Gasteiger partial charge in [0, 0.05) is 18.7 Å². The number of nitrogens with zero attached hydrogens (tertiary/aromatic N) is 1. The number of carboxylic acid groups (broad SMARTS) is 1. The number of aryl methyl sites for hydroxylation is 2. The summed E-state index contributed by atoms with van der Waals surface area (Å²) >= 11 is 0. The van der Waals surface area contributed by atoms with Gasteiger partial charge in [-0.25, -0.2) is 0 Å². The number of β-amino-alcohol motifs (C(OH)–C–C–N with tert-alkyl or cyclic N) is 1. The van der Waals surface area contributed by atoms with E-state index in [4.69, 9.17) is 5.11 Å². The number of carbonyl (C=O) groups excluding carboxylic acids is 1. The van der Waals surface area contributed by atoms with Crippen LogP contribution < -0.4 is 5.32 Å². The second kappa shape index (κ2) is 6.24. The Morgan fingerprint density at radius 1 is 1.38 bits per heavy atom. The number of rotatable bonds is 4. The second-order valence-electron chi connectivity index (χ2n) is 5.54. The molecule has 21 heavy (non-hydrogen) atoms. The third kappa shape index (κ3) is 3.80. The lowest BCUT2D eigenvalue weighted by molar-refractivity contribution is -0.142. The first kappa shape index (κ1) is 15.5. The summed E-state index contributed by atoms with van der Waals surface area (Å²) < 4.78 is 0. The molecule has 1 aliphatic rings. The number of benzene rings is 1. The number of nitrogens with one attached hydrogen (secondary N) is 1. The molecule has 3 N–H and O–H groups in total. The molecular weight excluding hydrogens is 272 g/mol. The maximum Gasteiger partial charge on any atom is 0.321 e. The summed E-state index contributed by atoms with van der Waals surface area (Å²) in [5.41, 5.74) is 2.72. The molecule has 1 amide bonds. The van der Waals surface area contributed by atoms with Gasteiger partial charge in [0.25, 0.3) is 0 Å². The van der Waals surface area contributed by atoms with E-state index in [9.17, 15) is 14.7 Å². The van der Waals surface area contributed by atoms with Crippen LogP contribution in [0.25, 0.3) is 0 Å². The number of hydrogen-bond acceptors (Lipinski definition) is 4. The average Bonchev–Trinajstić information content (AvgIpc) is 2.75. The van der Waals surface area contributed by atoms with Gasteiger partial charge in [-0.2, -0.15) is 0 Å². The number of carboxylic acids is 1. The first-order valence-corrected chi connectivity index (χ1v) is 6.89. The Bertz CT molecular complexity index is 559.